The molecule has 0 unspecified atom stereocenters. The van der Waals surface area contributed by atoms with E-state index in [9.17, 15) is 9.90 Å². The van der Waals surface area contributed by atoms with Gasteiger partial charge in [0.05, 0.1) is 17.3 Å². The van der Waals surface area contributed by atoms with Gasteiger partial charge >= 0.3 is 0 Å². The van der Waals surface area contributed by atoms with Gasteiger partial charge in [0.2, 0.25) is 0 Å². The standard InChI is InChI=1S/C16H14Br2N2O3/c1-2-23-14-8-10(7-13(18)15(14)21)9-19-20-16(22)11-3-5-12(17)6-4-11/h3-9,21H,2H2,1H3,(H,20,22)/b19-9-. The fourth-order valence-electron chi connectivity index (χ4n) is 1.77. The fourth-order valence-corrected chi connectivity index (χ4v) is 2.49. The van der Waals surface area contributed by atoms with Crippen molar-refractivity contribution < 1.29 is 14.6 Å². The van der Waals surface area contributed by atoms with E-state index in [-0.39, 0.29) is 11.7 Å². The molecule has 2 rings (SSSR count). The van der Waals surface area contributed by atoms with Gasteiger partial charge in [-0.25, -0.2) is 5.43 Å². The van der Waals surface area contributed by atoms with Crippen LogP contribution in [0.15, 0.2) is 50.4 Å². The average Bonchev–Trinajstić information content (AvgIpc) is 2.53. The highest BCUT2D eigenvalue weighted by Gasteiger charge is 2.08. The summed E-state index contributed by atoms with van der Waals surface area (Å²) in [6.45, 7) is 2.26. The molecule has 0 saturated carbocycles. The number of carbonyl (C=O) groups excluding carboxylic acids is 1. The van der Waals surface area contributed by atoms with Crippen LogP contribution in [0.5, 0.6) is 11.5 Å². The molecule has 0 aliphatic carbocycles. The molecule has 0 radical (unpaired) electrons. The number of nitrogens with one attached hydrogen (secondary N) is 1. The Hall–Kier alpha value is -1.86. The van der Waals surface area contributed by atoms with Gasteiger partial charge in [0, 0.05) is 10.0 Å². The molecule has 2 aromatic rings. The van der Waals surface area contributed by atoms with Gasteiger partial charge in [0.15, 0.2) is 11.5 Å². The van der Waals surface area contributed by atoms with Crippen molar-refractivity contribution >= 4 is 44.0 Å². The fraction of sp³-hybridized carbons (Fsp3) is 0.125. The molecular formula is C16H14Br2N2O3. The number of nitrogens with zero attached hydrogens (tertiary/aromatic N) is 1. The van der Waals surface area contributed by atoms with E-state index in [0.717, 1.165) is 4.47 Å². The molecule has 0 aliphatic rings. The minimum Gasteiger partial charge on any atom is -0.503 e. The van der Waals surface area contributed by atoms with Crippen molar-refractivity contribution in [1.29, 1.82) is 0 Å². The van der Waals surface area contributed by atoms with Gasteiger partial charge in [0.1, 0.15) is 0 Å². The molecule has 23 heavy (non-hydrogen) atoms. The van der Waals surface area contributed by atoms with Crippen molar-refractivity contribution in [2.24, 2.45) is 5.10 Å². The van der Waals surface area contributed by atoms with E-state index in [1.807, 2.05) is 6.92 Å². The predicted molar refractivity (Wildman–Crippen MR) is 96.2 cm³/mol. The van der Waals surface area contributed by atoms with Crippen LogP contribution in [0.2, 0.25) is 0 Å². The Kier molecular flexibility index (Phi) is 6.18. The molecule has 2 aromatic carbocycles. The van der Waals surface area contributed by atoms with Gasteiger partial charge in [-0.15, -0.1) is 0 Å². The quantitative estimate of drug-likeness (QED) is 0.542. The molecule has 5 nitrogen and oxygen atoms in total. The molecule has 2 N–H and O–H groups in total. The van der Waals surface area contributed by atoms with Crippen LogP contribution in [0.1, 0.15) is 22.8 Å². The first kappa shape index (κ1) is 17.5. The lowest BCUT2D eigenvalue weighted by atomic mass is 10.2. The topological polar surface area (TPSA) is 70.9 Å². The number of hydrogen-bond acceptors (Lipinski definition) is 4. The summed E-state index contributed by atoms with van der Waals surface area (Å²) in [6.07, 6.45) is 1.48. The van der Waals surface area contributed by atoms with Gasteiger partial charge in [-0.3, -0.25) is 4.79 Å². The van der Waals surface area contributed by atoms with Crippen molar-refractivity contribution in [1.82, 2.24) is 5.43 Å². The summed E-state index contributed by atoms with van der Waals surface area (Å²) < 4.78 is 6.72. The van der Waals surface area contributed by atoms with E-state index in [0.29, 0.717) is 28.0 Å². The van der Waals surface area contributed by atoms with E-state index in [4.69, 9.17) is 4.74 Å². The smallest absolute Gasteiger partial charge is 0.271 e. The number of carbonyl (C=O) groups is 1. The van der Waals surface area contributed by atoms with Crippen molar-refractivity contribution in [3.05, 3.63) is 56.5 Å². The third-order valence-electron chi connectivity index (χ3n) is 2.84. The zero-order chi connectivity index (χ0) is 16.8. The van der Waals surface area contributed by atoms with Crippen LogP contribution >= 0.6 is 31.9 Å². The van der Waals surface area contributed by atoms with E-state index >= 15 is 0 Å². The van der Waals surface area contributed by atoms with Crippen molar-refractivity contribution in [3.8, 4) is 11.5 Å². The molecule has 0 atom stereocenters. The lowest BCUT2D eigenvalue weighted by Crippen LogP contribution is -2.17. The summed E-state index contributed by atoms with van der Waals surface area (Å²) in [5, 5.41) is 13.8. The zero-order valence-corrected chi connectivity index (χ0v) is 15.4. The zero-order valence-electron chi connectivity index (χ0n) is 12.2. The summed E-state index contributed by atoms with van der Waals surface area (Å²) in [7, 11) is 0. The molecule has 0 spiro atoms. The molecule has 0 fully saturated rings. The number of phenolic OH excluding ortho intramolecular Hbond substituents is 1. The van der Waals surface area contributed by atoms with Gasteiger partial charge in [-0.05, 0) is 64.8 Å². The molecule has 120 valence electrons. The predicted octanol–water partition coefficient (Wildman–Crippen LogP) is 4.08. The van der Waals surface area contributed by atoms with E-state index < -0.39 is 0 Å². The van der Waals surface area contributed by atoms with Crippen LogP contribution in [-0.2, 0) is 0 Å². The molecule has 7 heteroatoms. The second-order valence-corrected chi connectivity index (χ2v) is 6.26. The van der Waals surface area contributed by atoms with Gasteiger partial charge in [-0.1, -0.05) is 15.9 Å². The number of hydrogen-bond donors (Lipinski definition) is 2. The number of halogens is 2. The Bertz CT molecular complexity index is 731. The van der Waals surface area contributed by atoms with Crippen LogP contribution in [0.4, 0.5) is 0 Å². The van der Waals surface area contributed by atoms with E-state index in [2.05, 4.69) is 42.4 Å². The second-order valence-electron chi connectivity index (χ2n) is 4.49. The summed E-state index contributed by atoms with van der Waals surface area (Å²) in [5.41, 5.74) is 3.63. The van der Waals surface area contributed by atoms with Crippen LogP contribution in [-0.4, -0.2) is 23.8 Å². The monoisotopic (exact) mass is 440 g/mol. The third-order valence-corrected chi connectivity index (χ3v) is 3.97. The molecule has 1 amide bonds. The Labute approximate surface area is 150 Å². The summed E-state index contributed by atoms with van der Waals surface area (Å²) in [5.74, 6) is 0.0714. The van der Waals surface area contributed by atoms with Crippen LogP contribution in [0.3, 0.4) is 0 Å². The molecular weight excluding hydrogens is 428 g/mol. The van der Waals surface area contributed by atoms with Gasteiger partial charge in [-0.2, -0.15) is 5.10 Å². The number of ether oxygens (including phenoxy) is 1. The lowest BCUT2D eigenvalue weighted by molar-refractivity contribution is 0.0955. The second kappa shape index (κ2) is 8.12. The SMILES string of the molecule is CCOc1cc(/C=N\NC(=O)c2ccc(Br)cc2)cc(Br)c1O. The number of hydrazone groups is 1. The first-order valence-electron chi connectivity index (χ1n) is 6.75. The maximum Gasteiger partial charge on any atom is 0.271 e. The molecule has 0 bridgehead atoms. The van der Waals surface area contributed by atoms with Crippen LogP contribution in [0, 0.1) is 0 Å². The van der Waals surface area contributed by atoms with E-state index in [1.54, 1.807) is 36.4 Å². The Morgan fingerprint density at radius 1 is 1.30 bits per heavy atom. The molecule has 0 aliphatic heterocycles. The van der Waals surface area contributed by atoms with Gasteiger partial charge in [0.25, 0.3) is 5.91 Å². The van der Waals surface area contributed by atoms with Crippen molar-refractivity contribution in [2.45, 2.75) is 6.92 Å². The third kappa shape index (κ3) is 4.80. The molecule has 0 saturated heterocycles. The first-order valence-corrected chi connectivity index (χ1v) is 8.34. The maximum atomic E-state index is 11.9. The van der Waals surface area contributed by atoms with Crippen LogP contribution in [0.25, 0.3) is 0 Å². The highest BCUT2D eigenvalue weighted by molar-refractivity contribution is 9.10. The van der Waals surface area contributed by atoms with Crippen LogP contribution < -0.4 is 10.2 Å². The first-order chi connectivity index (χ1) is 11.0. The number of rotatable bonds is 5. The summed E-state index contributed by atoms with van der Waals surface area (Å²) in [6, 6.07) is 10.3. The maximum absolute atomic E-state index is 11.9. The largest absolute Gasteiger partial charge is 0.503 e. The van der Waals surface area contributed by atoms with E-state index in [1.165, 1.54) is 6.21 Å². The Morgan fingerprint density at radius 3 is 2.65 bits per heavy atom. The number of amides is 1. The highest BCUT2D eigenvalue weighted by Crippen LogP contribution is 2.35. The normalized spacial score (nSPS) is 10.7. The number of benzene rings is 2. The highest BCUT2D eigenvalue weighted by atomic mass is 79.9. The van der Waals surface area contributed by atoms with Gasteiger partial charge < -0.3 is 9.84 Å². The lowest BCUT2D eigenvalue weighted by Gasteiger charge is -2.08. The van der Waals surface area contributed by atoms with Crippen molar-refractivity contribution in [2.75, 3.05) is 6.61 Å². The molecule has 0 aromatic heterocycles. The molecule has 0 heterocycles. The Balaban J connectivity index is 2.08. The van der Waals surface area contributed by atoms with Crippen molar-refractivity contribution in [3.63, 3.8) is 0 Å². The summed E-state index contributed by atoms with van der Waals surface area (Å²) >= 11 is 6.56. The number of aromatic hydroxyl groups is 1. The summed E-state index contributed by atoms with van der Waals surface area (Å²) in [4.78, 5) is 11.9. The Morgan fingerprint density at radius 2 is 2.00 bits per heavy atom. The number of phenols is 1. The minimum atomic E-state index is -0.309. The minimum absolute atomic E-state index is 0.0305. The average molecular weight is 442 g/mol.